The Morgan fingerprint density at radius 3 is 2.89 bits per heavy atom. The molecule has 0 aliphatic rings. The first-order valence-electron chi connectivity index (χ1n) is 5.69. The molecule has 1 N–H and O–H groups in total. The van der Waals surface area contributed by atoms with Crippen LogP contribution in [0.25, 0.3) is 0 Å². The highest BCUT2D eigenvalue weighted by Gasteiger charge is 2.11. The molecular formula is C13H13BrClN3O. The Bertz CT molecular complexity index is 624. The average Bonchev–Trinajstić information content (AvgIpc) is 2.68. The molecule has 1 aromatic carbocycles. The van der Waals surface area contributed by atoms with Crippen molar-refractivity contribution >= 4 is 33.4 Å². The van der Waals surface area contributed by atoms with Crippen LogP contribution in [0, 0.1) is 6.92 Å². The van der Waals surface area contributed by atoms with Crippen LogP contribution in [0.3, 0.4) is 0 Å². The minimum absolute atomic E-state index is 0.199. The van der Waals surface area contributed by atoms with Crippen LogP contribution in [-0.4, -0.2) is 15.7 Å². The van der Waals surface area contributed by atoms with Crippen molar-refractivity contribution in [2.24, 2.45) is 7.05 Å². The Morgan fingerprint density at radius 1 is 1.53 bits per heavy atom. The molecule has 4 nitrogen and oxygen atoms in total. The van der Waals surface area contributed by atoms with Crippen molar-refractivity contribution in [1.82, 2.24) is 15.1 Å². The van der Waals surface area contributed by atoms with E-state index in [1.54, 1.807) is 22.9 Å². The predicted octanol–water partition coefficient (Wildman–Crippen LogP) is 3.07. The maximum absolute atomic E-state index is 12.1. The molecule has 0 radical (unpaired) electrons. The van der Waals surface area contributed by atoms with Gasteiger partial charge in [0.2, 0.25) is 0 Å². The van der Waals surface area contributed by atoms with Crippen LogP contribution in [0.1, 0.15) is 21.6 Å². The van der Waals surface area contributed by atoms with Gasteiger partial charge in [0, 0.05) is 29.8 Å². The molecule has 0 spiro atoms. The summed E-state index contributed by atoms with van der Waals surface area (Å²) < 4.78 is 2.54. The largest absolute Gasteiger partial charge is 0.348 e. The molecule has 0 bridgehead atoms. The maximum Gasteiger partial charge on any atom is 0.253 e. The predicted molar refractivity (Wildman–Crippen MR) is 78.3 cm³/mol. The topological polar surface area (TPSA) is 46.9 Å². The number of nitrogens with zero attached hydrogens (tertiary/aromatic N) is 2. The molecule has 0 saturated heterocycles. The van der Waals surface area contributed by atoms with Crippen LogP contribution in [0.5, 0.6) is 0 Å². The summed E-state index contributed by atoms with van der Waals surface area (Å²) in [5.41, 5.74) is 2.35. The summed E-state index contributed by atoms with van der Waals surface area (Å²) in [4.78, 5) is 12.1. The Kier molecular flexibility index (Phi) is 4.27. The SMILES string of the molecule is Cc1nn(C)cc1CNC(=O)c1cc(Br)ccc1Cl. The van der Waals surface area contributed by atoms with E-state index in [4.69, 9.17) is 11.6 Å². The summed E-state index contributed by atoms with van der Waals surface area (Å²) in [6.45, 7) is 2.34. The van der Waals surface area contributed by atoms with Gasteiger partial charge >= 0.3 is 0 Å². The van der Waals surface area contributed by atoms with Crippen LogP contribution in [0.15, 0.2) is 28.9 Å². The van der Waals surface area contributed by atoms with E-state index < -0.39 is 0 Å². The second-order valence-corrected chi connectivity index (χ2v) is 5.54. The second kappa shape index (κ2) is 5.75. The number of amides is 1. The summed E-state index contributed by atoms with van der Waals surface area (Å²) in [6, 6.07) is 5.19. The van der Waals surface area contributed by atoms with Gasteiger partial charge < -0.3 is 5.32 Å². The number of aromatic nitrogens is 2. The van der Waals surface area contributed by atoms with Gasteiger partial charge in [-0.25, -0.2) is 0 Å². The number of nitrogens with one attached hydrogen (secondary N) is 1. The first-order valence-corrected chi connectivity index (χ1v) is 6.87. The fourth-order valence-corrected chi connectivity index (χ4v) is 2.33. The van der Waals surface area contributed by atoms with E-state index in [0.717, 1.165) is 15.7 Å². The zero-order valence-corrected chi connectivity index (χ0v) is 12.9. The Balaban J connectivity index is 2.09. The highest BCUT2D eigenvalue weighted by molar-refractivity contribution is 9.10. The van der Waals surface area contributed by atoms with E-state index >= 15 is 0 Å². The molecule has 0 unspecified atom stereocenters. The molecule has 100 valence electrons. The lowest BCUT2D eigenvalue weighted by atomic mass is 10.2. The molecule has 6 heteroatoms. The van der Waals surface area contributed by atoms with E-state index in [0.29, 0.717) is 17.1 Å². The zero-order valence-electron chi connectivity index (χ0n) is 10.6. The highest BCUT2D eigenvalue weighted by Crippen LogP contribution is 2.21. The molecule has 2 rings (SSSR count). The first kappa shape index (κ1) is 14.1. The third kappa shape index (κ3) is 3.36. The number of carbonyl (C=O) groups is 1. The number of carbonyl (C=O) groups excluding carboxylic acids is 1. The zero-order chi connectivity index (χ0) is 14.0. The molecule has 2 aromatic rings. The number of rotatable bonds is 3. The van der Waals surface area contributed by atoms with E-state index in [9.17, 15) is 4.79 Å². The van der Waals surface area contributed by atoms with Crippen molar-refractivity contribution < 1.29 is 4.79 Å². The molecule has 0 aliphatic carbocycles. The van der Waals surface area contributed by atoms with E-state index in [-0.39, 0.29) is 5.91 Å². The standard InChI is InChI=1S/C13H13BrClN3O/c1-8-9(7-18(2)17-8)6-16-13(19)11-5-10(14)3-4-12(11)15/h3-5,7H,6H2,1-2H3,(H,16,19). The fraction of sp³-hybridized carbons (Fsp3) is 0.231. The van der Waals surface area contributed by atoms with Crippen LogP contribution in [0.4, 0.5) is 0 Å². The van der Waals surface area contributed by atoms with Gasteiger partial charge in [-0.1, -0.05) is 27.5 Å². The Labute approximate surface area is 124 Å². The summed E-state index contributed by atoms with van der Waals surface area (Å²) in [6.07, 6.45) is 1.89. The van der Waals surface area contributed by atoms with Crippen molar-refractivity contribution in [2.45, 2.75) is 13.5 Å². The molecule has 0 saturated carbocycles. The number of hydrogen-bond donors (Lipinski definition) is 1. The minimum atomic E-state index is -0.199. The van der Waals surface area contributed by atoms with Crippen molar-refractivity contribution in [2.75, 3.05) is 0 Å². The Hall–Kier alpha value is -1.33. The van der Waals surface area contributed by atoms with Gasteiger partial charge in [-0.3, -0.25) is 9.48 Å². The fourth-order valence-electron chi connectivity index (χ4n) is 1.76. The Morgan fingerprint density at radius 2 is 2.26 bits per heavy atom. The van der Waals surface area contributed by atoms with Crippen molar-refractivity contribution in [3.8, 4) is 0 Å². The van der Waals surface area contributed by atoms with E-state index in [1.165, 1.54) is 0 Å². The molecule has 0 fully saturated rings. The number of halogens is 2. The molecule has 1 aromatic heterocycles. The molecule has 1 amide bonds. The van der Waals surface area contributed by atoms with Gasteiger partial charge in [0.05, 0.1) is 16.3 Å². The van der Waals surface area contributed by atoms with Crippen LogP contribution < -0.4 is 5.32 Å². The molecular weight excluding hydrogens is 330 g/mol. The van der Waals surface area contributed by atoms with Gasteiger partial charge in [0.25, 0.3) is 5.91 Å². The average molecular weight is 343 g/mol. The highest BCUT2D eigenvalue weighted by atomic mass is 79.9. The van der Waals surface area contributed by atoms with Crippen LogP contribution >= 0.6 is 27.5 Å². The third-order valence-corrected chi connectivity index (χ3v) is 3.55. The smallest absolute Gasteiger partial charge is 0.253 e. The molecule has 0 atom stereocenters. The lowest BCUT2D eigenvalue weighted by Gasteiger charge is -2.06. The maximum atomic E-state index is 12.1. The van der Waals surface area contributed by atoms with Crippen molar-refractivity contribution in [3.05, 3.63) is 50.7 Å². The van der Waals surface area contributed by atoms with Gasteiger partial charge in [-0.2, -0.15) is 5.10 Å². The number of hydrogen-bond acceptors (Lipinski definition) is 2. The van der Waals surface area contributed by atoms with Crippen molar-refractivity contribution in [3.63, 3.8) is 0 Å². The summed E-state index contributed by atoms with van der Waals surface area (Å²) in [7, 11) is 1.85. The lowest BCUT2D eigenvalue weighted by molar-refractivity contribution is 0.0951. The van der Waals surface area contributed by atoms with Crippen LogP contribution in [-0.2, 0) is 13.6 Å². The number of benzene rings is 1. The lowest BCUT2D eigenvalue weighted by Crippen LogP contribution is -2.23. The van der Waals surface area contributed by atoms with Gasteiger partial charge in [0.15, 0.2) is 0 Å². The molecule has 19 heavy (non-hydrogen) atoms. The van der Waals surface area contributed by atoms with Gasteiger partial charge in [-0.15, -0.1) is 0 Å². The summed E-state index contributed by atoms with van der Waals surface area (Å²) >= 11 is 9.33. The minimum Gasteiger partial charge on any atom is -0.348 e. The molecule has 0 aliphatic heterocycles. The molecule has 1 heterocycles. The summed E-state index contributed by atoms with van der Waals surface area (Å²) in [5.74, 6) is -0.199. The normalized spacial score (nSPS) is 10.5. The second-order valence-electron chi connectivity index (χ2n) is 4.22. The van der Waals surface area contributed by atoms with E-state index in [2.05, 4.69) is 26.3 Å². The summed E-state index contributed by atoms with van der Waals surface area (Å²) in [5, 5.41) is 7.50. The van der Waals surface area contributed by atoms with Gasteiger partial charge in [-0.05, 0) is 25.1 Å². The third-order valence-electron chi connectivity index (χ3n) is 2.73. The van der Waals surface area contributed by atoms with Crippen molar-refractivity contribution in [1.29, 1.82) is 0 Å². The quantitative estimate of drug-likeness (QED) is 0.932. The first-order chi connectivity index (χ1) is 8.97. The van der Waals surface area contributed by atoms with E-state index in [1.807, 2.05) is 20.2 Å². The number of aryl methyl sites for hydroxylation is 2. The van der Waals surface area contributed by atoms with Gasteiger partial charge in [0.1, 0.15) is 0 Å². The van der Waals surface area contributed by atoms with Crippen LogP contribution in [0.2, 0.25) is 5.02 Å². The monoisotopic (exact) mass is 341 g/mol.